The highest BCUT2D eigenvalue weighted by Gasteiger charge is 2.18. The van der Waals surface area contributed by atoms with Gasteiger partial charge in [0, 0.05) is 32.7 Å². The number of benzene rings is 1. The fraction of sp³-hybridized carbons (Fsp3) is 0.533. The average Bonchev–Trinajstić information content (AvgIpc) is 2.48. The minimum atomic E-state index is 0.0478. The summed E-state index contributed by atoms with van der Waals surface area (Å²) in [5.74, 6) is 0.857. The summed E-state index contributed by atoms with van der Waals surface area (Å²) in [4.78, 5) is 16.1. The number of amides is 2. The Hall–Kier alpha value is -1.75. The quantitative estimate of drug-likeness (QED) is 0.899. The first-order valence-corrected chi connectivity index (χ1v) is 7.03. The highest BCUT2D eigenvalue weighted by molar-refractivity contribution is 5.74. The fourth-order valence-corrected chi connectivity index (χ4v) is 2.23. The molecule has 5 nitrogen and oxygen atoms in total. The largest absolute Gasteiger partial charge is 0.497 e. The number of carbonyl (C=O) groups is 1. The minimum Gasteiger partial charge on any atom is -0.497 e. The number of piperazine rings is 1. The Kier molecular flexibility index (Phi) is 5.24. The molecule has 1 aromatic rings. The molecule has 20 heavy (non-hydrogen) atoms. The minimum absolute atomic E-state index is 0.0478. The van der Waals surface area contributed by atoms with Gasteiger partial charge in [-0.1, -0.05) is 12.1 Å². The average molecular weight is 277 g/mol. The van der Waals surface area contributed by atoms with Gasteiger partial charge in [-0.05, 0) is 31.2 Å². The molecule has 0 saturated carbocycles. The van der Waals surface area contributed by atoms with Crippen molar-refractivity contribution < 1.29 is 9.53 Å². The van der Waals surface area contributed by atoms with Gasteiger partial charge in [-0.2, -0.15) is 0 Å². The first kappa shape index (κ1) is 14.7. The van der Waals surface area contributed by atoms with E-state index in [1.165, 1.54) is 5.56 Å². The molecular formula is C15H23N3O2. The number of nitrogens with one attached hydrogen (secondary N) is 1. The van der Waals surface area contributed by atoms with Crippen LogP contribution < -0.4 is 10.1 Å². The van der Waals surface area contributed by atoms with Crippen molar-refractivity contribution in [2.24, 2.45) is 0 Å². The zero-order chi connectivity index (χ0) is 14.4. The molecule has 2 amide bonds. The van der Waals surface area contributed by atoms with Crippen LogP contribution in [-0.4, -0.2) is 62.7 Å². The summed E-state index contributed by atoms with van der Waals surface area (Å²) < 4.78 is 5.12. The number of hydrogen-bond donors (Lipinski definition) is 1. The standard InChI is InChI=1S/C15H23N3O2/c1-17-9-11-18(12-10-17)15(19)16-8-7-13-3-5-14(20-2)6-4-13/h3-6H,7-12H2,1-2H3,(H,16,19). The smallest absolute Gasteiger partial charge is 0.317 e. The number of ether oxygens (including phenoxy) is 1. The van der Waals surface area contributed by atoms with Crippen molar-refractivity contribution in [3.8, 4) is 5.75 Å². The summed E-state index contributed by atoms with van der Waals surface area (Å²) in [7, 11) is 3.74. The van der Waals surface area contributed by atoms with Crippen molar-refractivity contribution in [1.29, 1.82) is 0 Å². The number of rotatable bonds is 4. The summed E-state index contributed by atoms with van der Waals surface area (Å²) in [6.45, 7) is 4.19. The Morgan fingerprint density at radius 3 is 2.45 bits per heavy atom. The number of likely N-dealkylation sites (N-methyl/N-ethyl adjacent to an activating group) is 1. The summed E-state index contributed by atoms with van der Waals surface area (Å²) >= 11 is 0. The van der Waals surface area contributed by atoms with E-state index in [1.54, 1.807) is 7.11 Å². The van der Waals surface area contributed by atoms with E-state index >= 15 is 0 Å². The normalized spacial score (nSPS) is 16.0. The third-order valence-corrected chi connectivity index (χ3v) is 3.64. The molecule has 0 radical (unpaired) electrons. The number of nitrogens with zero attached hydrogens (tertiary/aromatic N) is 2. The molecule has 0 bridgehead atoms. The summed E-state index contributed by atoms with van der Waals surface area (Å²) in [6, 6.07) is 7.99. The Labute approximate surface area is 120 Å². The summed E-state index contributed by atoms with van der Waals surface area (Å²) in [6.07, 6.45) is 0.837. The van der Waals surface area contributed by atoms with Gasteiger partial charge in [0.15, 0.2) is 0 Å². The van der Waals surface area contributed by atoms with Gasteiger partial charge >= 0.3 is 6.03 Å². The molecule has 110 valence electrons. The molecule has 0 aromatic heterocycles. The molecule has 1 saturated heterocycles. The van der Waals surface area contributed by atoms with Gasteiger partial charge in [0.2, 0.25) is 0 Å². The third-order valence-electron chi connectivity index (χ3n) is 3.64. The summed E-state index contributed by atoms with van der Waals surface area (Å²) in [5.41, 5.74) is 1.20. The van der Waals surface area contributed by atoms with Crippen LogP contribution in [0.3, 0.4) is 0 Å². The number of carbonyl (C=O) groups excluding carboxylic acids is 1. The topological polar surface area (TPSA) is 44.8 Å². The molecule has 0 unspecified atom stereocenters. The highest BCUT2D eigenvalue weighted by atomic mass is 16.5. The fourth-order valence-electron chi connectivity index (χ4n) is 2.23. The van der Waals surface area contributed by atoms with Gasteiger partial charge < -0.3 is 19.9 Å². The van der Waals surface area contributed by atoms with Crippen LogP contribution in [0.5, 0.6) is 5.75 Å². The molecular weight excluding hydrogens is 254 g/mol. The van der Waals surface area contributed by atoms with Gasteiger partial charge in [0.25, 0.3) is 0 Å². The molecule has 0 spiro atoms. The molecule has 0 aliphatic carbocycles. The van der Waals surface area contributed by atoms with Crippen molar-refractivity contribution in [3.63, 3.8) is 0 Å². The molecule has 0 atom stereocenters. The predicted octanol–water partition coefficient (Wildman–Crippen LogP) is 1.19. The van der Waals surface area contributed by atoms with Gasteiger partial charge in [0.1, 0.15) is 5.75 Å². The Morgan fingerprint density at radius 2 is 1.85 bits per heavy atom. The second kappa shape index (κ2) is 7.14. The van der Waals surface area contributed by atoms with E-state index in [0.29, 0.717) is 6.54 Å². The van der Waals surface area contributed by atoms with Crippen LogP contribution in [0.1, 0.15) is 5.56 Å². The maximum Gasteiger partial charge on any atom is 0.317 e. The van der Waals surface area contributed by atoms with E-state index in [2.05, 4.69) is 17.3 Å². The zero-order valence-electron chi connectivity index (χ0n) is 12.3. The van der Waals surface area contributed by atoms with E-state index in [-0.39, 0.29) is 6.03 Å². The van der Waals surface area contributed by atoms with E-state index in [9.17, 15) is 4.79 Å². The van der Waals surface area contributed by atoms with Gasteiger partial charge in [-0.15, -0.1) is 0 Å². The number of urea groups is 1. The van der Waals surface area contributed by atoms with Crippen molar-refractivity contribution in [2.45, 2.75) is 6.42 Å². The lowest BCUT2D eigenvalue weighted by Gasteiger charge is -2.32. The summed E-state index contributed by atoms with van der Waals surface area (Å²) in [5, 5.41) is 2.98. The monoisotopic (exact) mass is 277 g/mol. The van der Waals surface area contributed by atoms with Gasteiger partial charge in [0.05, 0.1) is 7.11 Å². The van der Waals surface area contributed by atoms with Gasteiger partial charge in [-0.25, -0.2) is 4.79 Å². The molecule has 1 N–H and O–H groups in total. The van der Waals surface area contributed by atoms with E-state index in [4.69, 9.17) is 4.74 Å². The lowest BCUT2D eigenvalue weighted by molar-refractivity contribution is 0.154. The van der Waals surface area contributed by atoms with Crippen LogP contribution in [0.25, 0.3) is 0 Å². The molecule has 1 heterocycles. The zero-order valence-corrected chi connectivity index (χ0v) is 12.3. The predicted molar refractivity (Wildman–Crippen MR) is 79.2 cm³/mol. The second-order valence-electron chi connectivity index (χ2n) is 5.12. The van der Waals surface area contributed by atoms with E-state index in [1.807, 2.05) is 29.2 Å². The Morgan fingerprint density at radius 1 is 1.20 bits per heavy atom. The number of hydrogen-bond acceptors (Lipinski definition) is 3. The lowest BCUT2D eigenvalue weighted by Crippen LogP contribution is -2.50. The van der Waals surface area contributed by atoms with Crippen LogP contribution in [0.4, 0.5) is 4.79 Å². The first-order valence-electron chi connectivity index (χ1n) is 7.03. The Bertz CT molecular complexity index is 425. The highest BCUT2D eigenvalue weighted by Crippen LogP contribution is 2.11. The van der Waals surface area contributed by atoms with Crippen LogP contribution in [-0.2, 0) is 6.42 Å². The van der Waals surface area contributed by atoms with E-state index < -0.39 is 0 Å². The Balaban J connectivity index is 1.70. The van der Waals surface area contributed by atoms with Crippen molar-refractivity contribution in [1.82, 2.24) is 15.1 Å². The van der Waals surface area contributed by atoms with Crippen LogP contribution in [0, 0.1) is 0 Å². The lowest BCUT2D eigenvalue weighted by atomic mass is 10.1. The molecule has 2 rings (SSSR count). The van der Waals surface area contributed by atoms with Crippen LogP contribution >= 0.6 is 0 Å². The van der Waals surface area contributed by atoms with Gasteiger partial charge in [-0.3, -0.25) is 0 Å². The molecule has 1 aliphatic rings. The van der Waals surface area contributed by atoms with Crippen molar-refractivity contribution in [3.05, 3.63) is 29.8 Å². The molecule has 1 fully saturated rings. The van der Waals surface area contributed by atoms with Crippen molar-refractivity contribution in [2.75, 3.05) is 46.9 Å². The molecule has 5 heteroatoms. The van der Waals surface area contributed by atoms with E-state index in [0.717, 1.165) is 38.3 Å². The third kappa shape index (κ3) is 4.13. The first-order chi connectivity index (χ1) is 9.69. The number of methoxy groups -OCH3 is 1. The second-order valence-corrected chi connectivity index (χ2v) is 5.12. The maximum absolute atomic E-state index is 12.0. The van der Waals surface area contributed by atoms with Crippen molar-refractivity contribution >= 4 is 6.03 Å². The van der Waals surface area contributed by atoms with Crippen LogP contribution in [0.2, 0.25) is 0 Å². The molecule has 1 aromatic carbocycles. The molecule has 1 aliphatic heterocycles. The SMILES string of the molecule is COc1ccc(CCNC(=O)N2CCN(C)CC2)cc1. The maximum atomic E-state index is 12.0. The van der Waals surface area contributed by atoms with Crippen LogP contribution in [0.15, 0.2) is 24.3 Å².